The number of halogens is 1. The van der Waals surface area contributed by atoms with Gasteiger partial charge in [0.05, 0.1) is 24.8 Å². The summed E-state index contributed by atoms with van der Waals surface area (Å²) in [6.07, 6.45) is 4.07. The molecule has 1 N–H and O–H groups in total. The second-order valence-electron chi connectivity index (χ2n) is 10.9. The van der Waals surface area contributed by atoms with Gasteiger partial charge in [-0.15, -0.1) is 0 Å². The van der Waals surface area contributed by atoms with Crippen molar-refractivity contribution in [1.29, 1.82) is 0 Å². The van der Waals surface area contributed by atoms with E-state index in [1.807, 2.05) is 6.92 Å². The van der Waals surface area contributed by atoms with Gasteiger partial charge in [0, 0.05) is 18.7 Å². The minimum Gasteiger partial charge on any atom is -0.497 e. The summed E-state index contributed by atoms with van der Waals surface area (Å²) >= 11 is 0. The molecule has 0 heterocycles. The highest BCUT2D eigenvalue weighted by Crippen LogP contribution is 2.36. The van der Waals surface area contributed by atoms with E-state index >= 15 is 0 Å². The zero-order valence-corrected chi connectivity index (χ0v) is 26.4. The molecule has 0 unspecified atom stereocenters. The average molecular weight is 626 g/mol. The number of hydrogen-bond acceptors (Lipinski definition) is 6. The molecular formula is C33H40FN3O6S. The number of amides is 2. The van der Waals surface area contributed by atoms with Crippen molar-refractivity contribution in [3.8, 4) is 11.5 Å². The molecule has 236 valence electrons. The molecule has 0 saturated heterocycles. The van der Waals surface area contributed by atoms with Crippen molar-refractivity contribution in [1.82, 2.24) is 10.2 Å². The zero-order valence-electron chi connectivity index (χ0n) is 25.6. The van der Waals surface area contributed by atoms with Crippen LogP contribution in [-0.4, -0.2) is 58.0 Å². The second-order valence-corrected chi connectivity index (χ2v) is 12.8. The number of benzene rings is 3. The van der Waals surface area contributed by atoms with Crippen LogP contribution in [-0.2, 0) is 26.2 Å². The molecule has 0 aliphatic heterocycles. The van der Waals surface area contributed by atoms with Crippen LogP contribution in [0.5, 0.6) is 11.5 Å². The summed E-state index contributed by atoms with van der Waals surface area (Å²) in [6.45, 7) is 2.99. The maximum absolute atomic E-state index is 14.3. The normalized spacial score (nSPS) is 14.1. The number of hydrogen-bond donors (Lipinski definition) is 1. The number of rotatable bonds is 13. The maximum atomic E-state index is 14.3. The molecule has 1 aliphatic rings. The van der Waals surface area contributed by atoms with Gasteiger partial charge in [-0.1, -0.05) is 49.6 Å². The predicted octanol–water partition coefficient (Wildman–Crippen LogP) is 5.21. The number of ether oxygens (including phenoxy) is 2. The zero-order chi connectivity index (χ0) is 31.9. The second kappa shape index (κ2) is 14.6. The van der Waals surface area contributed by atoms with Crippen molar-refractivity contribution in [2.24, 2.45) is 0 Å². The lowest BCUT2D eigenvalue weighted by molar-refractivity contribution is -0.140. The van der Waals surface area contributed by atoms with E-state index in [-0.39, 0.29) is 34.8 Å². The van der Waals surface area contributed by atoms with Crippen LogP contribution < -0.4 is 19.1 Å². The Morgan fingerprint density at radius 2 is 1.64 bits per heavy atom. The van der Waals surface area contributed by atoms with E-state index in [4.69, 9.17) is 9.47 Å². The molecular weight excluding hydrogens is 585 g/mol. The summed E-state index contributed by atoms with van der Waals surface area (Å²) in [6, 6.07) is 15.8. The Hall–Kier alpha value is -4.12. The van der Waals surface area contributed by atoms with E-state index in [2.05, 4.69) is 5.32 Å². The van der Waals surface area contributed by atoms with Crippen molar-refractivity contribution < 1.29 is 31.9 Å². The molecule has 1 saturated carbocycles. The summed E-state index contributed by atoms with van der Waals surface area (Å²) in [4.78, 5) is 29.3. The van der Waals surface area contributed by atoms with Crippen LogP contribution in [0.4, 0.5) is 10.1 Å². The molecule has 44 heavy (non-hydrogen) atoms. The lowest BCUT2D eigenvalue weighted by Crippen LogP contribution is -2.53. The number of anilines is 1. The Morgan fingerprint density at radius 1 is 0.977 bits per heavy atom. The van der Waals surface area contributed by atoms with Crippen LogP contribution in [0.25, 0.3) is 0 Å². The van der Waals surface area contributed by atoms with Gasteiger partial charge in [-0.3, -0.25) is 13.9 Å². The van der Waals surface area contributed by atoms with E-state index in [1.165, 1.54) is 49.5 Å². The minimum absolute atomic E-state index is 0.0168. The topological polar surface area (TPSA) is 105 Å². The Morgan fingerprint density at radius 3 is 2.23 bits per heavy atom. The number of methoxy groups -OCH3 is 2. The van der Waals surface area contributed by atoms with Crippen molar-refractivity contribution in [3.63, 3.8) is 0 Å². The summed E-state index contributed by atoms with van der Waals surface area (Å²) in [5, 5.41) is 3.08. The molecule has 3 aromatic carbocycles. The molecule has 3 aromatic rings. The molecule has 1 atom stereocenters. The first-order valence-electron chi connectivity index (χ1n) is 14.7. The maximum Gasteiger partial charge on any atom is 0.264 e. The smallest absolute Gasteiger partial charge is 0.264 e. The molecule has 1 aliphatic carbocycles. The number of aryl methyl sites for hydroxylation is 1. The fraction of sp³-hybridized carbons (Fsp3) is 0.394. The first-order chi connectivity index (χ1) is 21.1. The van der Waals surface area contributed by atoms with Crippen LogP contribution in [0.2, 0.25) is 0 Å². The van der Waals surface area contributed by atoms with Crippen LogP contribution in [0.3, 0.4) is 0 Å². The molecule has 2 amide bonds. The molecule has 0 bridgehead atoms. The first-order valence-corrected chi connectivity index (χ1v) is 16.2. The van der Waals surface area contributed by atoms with Gasteiger partial charge in [0.1, 0.15) is 29.9 Å². The van der Waals surface area contributed by atoms with E-state index in [1.54, 1.807) is 43.3 Å². The first kappa shape index (κ1) is 32.8. The van der Waals surface area contributed by atoms with Crippen LogP contribution in [0.1, 0.15) is 50.2 Å². The van der Waals surface area contributed by atoms with Gasteiger partial charge in [0.2, 0.25) is 11.8 Å². The standard InChI is InChI=1S/C33H40FN3O6S/c1-5-29(33(39)35-26-8-6-7-9-26)36(21-24-12-14-25(34)15-13-24)32(38)22-37(30-20-27(42-3)16-19-31(30)43-4)44(40,41)28-17-10-23(2)11-18-28/h10-20,26,29H,5-9,21-22H2,1-4H3,(H,35,39)/t29-/m1/s1. The highest BCUT2D eigenvalue weighted by atomic mass is 32.2. The highest BCUT2D eigenvalue weighted by molar-refractivity contribution is 7.92. The van der Waals surface area contributed by atoms with Crippen molar-refractivity contribution >= 4 is 27.5 Å². The van der Waals surface area contributed by atoms with Gasteiger partial charge >= 0.3 is 0 Å². The SMILES string of the molecule is CC[C@H](C(=O)NC1CCCC1)N(Cc1ccc(F)cc1)C(=O)CN(c1cc(OC)ccc1OC)S(=O)(=O)c1ccc(C)cc1. The van der Waals surface area contributed by atoms with Crippen molar-refractivity contribution in [3.05, 3.63) is 83.7 Å². The van der Waals surface area contributed by atoms with E-state index in [0.717, 1.165) is 35.6 Å². The highest BCUT2D eigenvalue weighted by Gasteiger charge is 2.35. The minimum atomic E-state index is -4.31. The summed E-state index contributed by atoms with van der Waals surface area (Å²) < 4.78 is 54.0. The van der Waals surface area contributed by atoms with Gasteiger partial charge in [-0.25, -0.2) is 12.8 Å². The fourth-order valence-electron chi connectivity index (χ4n) is 5.42. The molecule has 1 fully saturated rings. The molecule has 0 radical (unpaired) electrons. The van der Waals surface area contributed by atoms with Gasteiger partial charge in [-0.05, 0) is 68.1 Å². The predicted molar refractivity (Wildman–Crippen MR) is 167 cm³/mol. The van der Waals surface area contributed by atoms with Gasteiger partial charge in [-0.2, -0.15) is 0 Å². The van der Waals surface area contributed by atoms with Crippen LogP contribution in [0, 0.1) is 12.7 Å². The van der Waals surface area contributed by atoms with Crippen molar-refractivity contribution in [2.45, 2.75) is 69.5 Å². The quantitative estimate of drug-likeness (QED) is 0.280. The van der Waals surface area contributed by atoms with Gasteiger partial charge in [0.25, 0.3) is 10.0 Å². The number of nitrogens with one attached hydrogen (secondary N) is 1. The molecule has 4 rings (SSSR count). The largest absolute Gasteiger partial charge is 0.497 e. The lowest BCUT2D eigenvalue weighted by atomic mass is 10.1. The van der Waals surface area contributed by atoms with Gasteiger partial charge in [0.15, 0.2) is 0 Å². The van der Waals surface area contributed by atoms with Gasteiger partial charge < -0.3 is 19.7 Å². The van der Waals surface area contributed by atoms with Crippen LogP contribution in [0.15, 0.2) is 71.6 Å². The average Bonchev–Trinajstić information content (AvgIpc) is 3.53. The summed E-state index contributed by atoms with van der Waals surface area (Å²) in [5.74, 6) is -0.767. The summed E-state index contributed by atoms with van der Waals surface area (Å²) in [7, 11) is -1.45. The monoisotopic (exact) mass is 625 g/mol. The number of sulfonamides is 1. The van der Waals surface area contributed by atoms with Crippen molar-refractivity contribution in [2.75, 3.05) is 25.1 Å². The number of nitrogens with zero attached hydrogens (tertiary/aromatic N) is 2. The Kier molecular flexibility index (Phi) is 10.9. The third-order valence-electron chi connectivity index (χ3n) is 7.90. The Labute approximate surface area is 259 Å². The molecule has 9 nitrogen and oxygen atoms in total. The molecule has 11 heteroatoms. The number of carbonyl (C=O) groups is 2. The lowest BCUT2D eigenvalue weighted by Gasteiger charge is -2.34. The van der Waals surface area contributed by atoms with E-state index in [0.29, 0.717) is 17.7 Å². The Bertz CT molecular complexity index is 1540. The summed E-state index contributed by atoms with van der Waals surface area (Å²) in [5.41, 5.74) is 1.57. The van der Waals surface area contributed by atoms with E-state index < -0.39 is 34.3 Å². The van der Waals surface area contributed by atoms with Crippen LogP contribution >= 0.6 is 0 Å². The third-order valence-corrected chi connectivity index (χ3v) is 9.67. The third kappa shape index (κ3) is 7.68. The molecule has 0 spiro atoms. The fourth-order valence-corrected chi connectivity index (χ4v) is 6.83. The Balaban J connectivity index is 1.78. The molecule has 0 aromatic heterocycles. The van der Waals surface area contributed by atoms with E-state index in [9.17, 15) is 22.4 Å². The number of carbonyl (C=O) groups excluding carboxylic acids is 2.